The van der Waals surface area contributed by atoms with Crippen molar-refractivity contribution in [3.63, 3.8) is 0 Å². The number of hydrogen-bond donors (Lipinski definition) is 1. The molecule has 120 valence electrons. The third-order valence-electron chi connectivity index (χ3n) is 4.72. The van der Waals surface area contributed by atoms with Gasteiger partial charge in [0.1, 0.15) is 0 Å². The fourth-order valence-corrected chi connectivity index (χ4v) is 4.21. The van der Waals surface area contributed by atoms with Gasteiger partial charge in [0, 0.05) is 37.5 Å². The highest BCUT2D eigenvalue weighted by Gasteiger charge is 2.39. The Hall–Kier alpha value is -1.40. The van der Waals surface area contributed by atoms with E-state index < -0.39 is 6.10 Å². The van der Waals surface area contributed by atoms with Gasteiger partial charge in [0.15, 0.2) is 0 Å². The summed E-state index contributed by atoms with van der Waals surface area (Å²) in [5.41, 5.74) is 0. The first-order valence-electron chi connectivity index (χ1n) is 7.82. The first-order valence-corrected chi connectivity index (χ1v) is 8.70. The number of nitrogens with zero attached hydrogens (tertiary/aromatic N) is 2. The molecule has 6 heteroatoms. The molecule has 0 bridgehead atoms. The zero-order valence-electron chi connectivity index (χ0n) is 12.8. The van der Waals surface area contributed by atoms with Gasteiger partial charge in [-0.1, -0.05) is 6.07 Å². The zero-order valence-corrected chi connectivity index (χ0v) is 13.6. The maximum absolute atomic E-state index is 12.7. The van der Waals surface area contributed by atoms with Gasteiger partial charge in [-0.15, -0.1) is 11.3 Å². The van der Waals surface area contributed by atoms with Gasteiger partial charge in [0.2, 0.25) is 11.8 Å². The van der Waals surface area contributed by atoms with E-state index in [2.05, 4.69) is 0 Å². The summed E-state index contributed by atoms with van der Waals surface area (Å²) in [6, 6.07) is 3.95. The summed E-state index contributed by atoms with van der Waals surface area (Å²) in [7, 11) is 1.75. The van der Waals surface area contributed by atoms with Crippen LogP contribution >= 0.6 is 11.3 Å². The summed E-state index contributed by atoms with van der Waals surface area (Å²) in [6.07, 6.45) is 2.31. The first kappa shape index (κ1) is 15.5. The number of carbonyl (C=O) groups is 2. The molecule has 3 unspecified atom stereocenters. The quantitative estimate of drug-likeness (QED) is 0.917. The molecule has 0 radical (unpaired) electrons. The first-order chi connectivity index (χ1) is 10.6. The highest BCUT2D eigenvalue weighted by Crippen LogP contribution is 2.31. The molecule has 0 spiro atoms. The van der Waals surface area contributed by atoms with Crippen LogP contribution in [0.25, 0.3) is 0 Å². The number of aliphatic hydroxyl groups is 1. The van der Waals surface area contributed by atoms with Gasteiger partial charge in [-0.05, 0) is 30.7 Å². The minimum Gasteiger partial charge on any atom is -0.387 e. The van der Waals surface area contributed by atoms with Crippen molar-refractivity contribution >= 4 is 23.2 Å². The average molecular weight is 322 g/mol. The normalized spacial score (nSPS) is 26.7. The number of amides is 2. The number of carbonyl (C=O) groups excluding carboxylic acids is 2. The van der Waals surface area contributed by atoms with Crippen molar-refractivity contribution in [2.75, 3.05) is 20.1 Å². The summed E-state index contributed by atoms with van der Waals surface area (Å²) in [4.78, 5) is 28.8. The third kappa shape index (κ3) is 3.03. The van der Waals surface area contributed by atoms with Crippen molar-refractivity contribution in [3.8, 4) is 0 Å². The number of likely N-dealkylation sites (tertiary alicyclic amines) is 2. The molecule has 0 saturated carbocycles. The second-order valence-electron chi connectivity index (χ2n) is 6.27. The lowest BCUT2D eigenvalue weighted by Gasteiger charge is -2.28. The van der Waals surface area contributed by atoms with E-state index in [0.717, 1.165) is 24.3 Å². The predicted octanol–water partition coefficient (Wildman–Crippen LogP) is 1.64. The van der Waals surface area contributed by atoms with E-state index in [-0.39, 0.29) is 23.8 Å². The Morgan fingerprint density at radius 2 is 2.36 bits per heavy atom. The third-order valence-corrected chi connectivity index (χ3v) is 5.69. The lowest BCUT2D eigenvalue weighted by molar-refractivity contribution is -0.137. The Bertz CT molecular complexity index is 546. The minimum absolute atomic E-state index is 0.0488. The molecule has 0 aliphatic carbocycles. The number of thiophene rings is 1. The maximum atomic E-state index is 12.7. The average Bonchev–Trinajstić information content (AvgIpc) is 3.21. The van der Waals surface area contributed by atoms with Crippen LogP contribution in [0.1, 0.15) is 36.7 Å². The summed E-state index contributed by atoms with van der Waals surface area (Å²) in [5, 5.41) is 12.3. The van der Waals surface area contributed by atoms with Gasteiger partial charge in [-0.25, -0.2) is 0 Å². The van der Waals surface area contributed by atoms with Gasteiger partial charge >= 0.3 is 0 Å². The Morgan fingerprint density at radius 3 is 3.00 bits per heavy atom. The van der Waals surface area contributed by atoms with E-state index >= 15 is 0 Å². The minimum atomic E-state index is -0.508. The van der Waals surface area contributed by atoms with Gasteiger partial charge in [0.25, 0.3) is 0 Å². The lowest BCUT2D eigenvalue weighted by Crippen LogP contribution is -2.41. The number of rotatable bonds is 4. The van der Waals surface area contributed by atoms with Crippen molar-refractivity contribution in [2.24, 2.45) is 5.92 Å². The van der Waals surface area contributed by atoms with E-state index in [1.807, 2.05) is 22.4 Å². The molecule has 3 atom stereocenters. The SMILES string of the molecule is CN1CC(C(=O)N2CCCC2CC(O)c2cccs2)CC1=O. The van der Waals surface area contributed by atoms with Crippen LogP contribution in [0.5, 0.6) is 0 Å². The highest BCUT2D eigenvalue weighted by atomic mass is 32.1. The van der Waals surface area contributed by atoms with Crippen molar-refractivity contribution < 1.29 is 14.7 Å². The van der Waals surface area contributed by atoms with Gasteiger partial charge in [-0.2, -0.15) is 0 Å². The van der Waals surface area contributed by atoms with Gasteiger partial charge < -0.3 is 14.9 Å². The Kier molecular flexibility index (Phi) is 4.49. The van der Waals surface area contributed by atoms with Gasteiger partial charge in [-0.3, -0.25) is 9.59 Å². The van der Waals surface area contributed by atoms with Crippen LogP contribution in [0.2, 0.25) is 0 Å². The molecule has 3 heterocycles. The van der Waals surface area contributed by atoms with E-state index in [1.54, 1.807) is 23.3 Å². The van der Waals surface area contributed by atoms with Crippen LogP contribution in [0.15, 0.2) is 17.5 Å². The second kappa shape index (κ2) is 6.38. The van der Waals surface area contributed by atoms with Crippen molar-refractivity contribution in [1.82, 2.24) is 9.80 Å². The molecule has 1 aromatic heterocycles. The lowest BCUT2D eigenvalue weighted by atomic mass is 10.0. The molecule has 3 rings (SSSR count). The molecular formula is C16H22N2O3S. The Balaban J connectivity index is 1.63. The molecule has 2 saturated heterocycles. The van der Waals surface area contributed by atoms with Crippen LogP contribution < -0.4 is 0 Å². The molecule has 2 fully saturated rings. The molecule has 2 amide bonds. The van der Waals surface area contributed by atoms with Crippen LogP contribution in [0.3, 0.4) is 0 Å². The van der Waals surface area contributed by atoms with Crippen molar-refractivity contribution in [3.05, 3.63) is 22.4 Å². The molecule has 1 aromatic rings. The molecule has 2 aliphatic heterocycles. The summed E-state index contributed by atoms with van der Waals surface area (Å²) >= 11 is 1.55. The largest absolute Gasteiger partial charge is 0.387 e. The second-order valence-corrected chi connectivity index (χ2v) is 7.25. The van der Waals surface area contributed by atoms with Gasteiger partial charge in [0.05, 0.1) is 12.0 Å². The standard InChI is InChI=1S/C16H22N2O3S/c1-17-10-11(8-15(17)20)16(21)18-6-2-4-12(18)9-13(19)14-5-3-7-22-14/h3,5,7,11-13,19H,2,4,6,8-10H2,1H3. The Morgan fingerprint density at radius 1 is 1.55 bits per heavy atom. The van der Waals surface area contributed by atoms with Crippen molar-refractivity contribution in [2.45, 2.75) is 37.8 Å². The number of aliphatic hydroxyl groups excluding tert-OH is 1. The molecule has 1 N–H and O–H groups in total. The van der Waals surface area contributed by atoms with Crippen LogP contribution in [-0.4, -0.2) is 52.9 Å². The number of hydrogen-bond acceptors (Lipinski definition) is 4. The smallest absolute Gasteiger partial charge is 0.228 e. The van der Waals surface area contributed by atoms with Crippen LogP contribution in [0.4, 0.5) is 0 Å². The Labute approximate surface area is 134 Å². The topological polar surface area (TPSA) is 60.9 Å². The van der Waals surface area contributed by atoms with E-state index in [4.69, 9.17) is 0 Å². The monoisotopic (exact) mass is 322 g/mol. The van der Waals surface area contributed by atoms with Crippen molar-refractivity contribution in [1.29, 1.82) is 0 Å². The molecule has 22 heavy (non-hydrogen) atoms. The fraction of sp³-hybridized carbons (Fsp3) is 0.625. The highest BCUT2D eigenvalue weighted by molar-refractivity contribution is 7.10. The molecular weight excluding hydrogens is 300 g/mol. The predicted molar refractivity (Wildman–Crippen MR) is 84.4 cm³/mol. The molecule has 0 aromatic carbocycles. The molecule has 2 aliphatic rings. The van der Waals surface area contributed by atoms with Crippen LogP contribution in [0, 0.1) is 5.92 Å². The van der Waals surface area contributed by atoms with E-state index in [9.17, 15) is 14.7 Å². The maximum Gasteiger partial charge on any atom is 0.228 e. The molecule has 5 nitrogen and oxygen atoms in total. The summed E-state index contributed by atoms with van der Waals surface area (Å²) in [5.74, 6) is -0.0803. The fourth-order valence-electron chi connectivity index (χ4n) is 3.49. The summed E-state index contributed by atoms with van der Waals surface area (Å²) in [6.45, 7) is 1.27. The zero-order chi connectivity index (χ0) is 15.7. The van der Waals surface area contributed by atoms with Crippen LogP contribution in [-0.2, 0) is 9.59 Å². The van der Waals surface area contributed by atoms with E-state index in [1.165, 1.54) is 0 Å². The van der Waals surface area contributed by atoms with E-state index in [0.29, 0.717) is 19.4 Å². The summed E-state index contributed by atoms with van der Waals surface area (Å²) < 4.78 is 0.